The number of rotatable bonds is 6. The van der Waals surface area contributed by atoms with Crippen molar-refractivity contribution in [2.45, 2.75) is 29.5 Å². The van der Waals surface area contributed by atoms with Crippen LogP contribution in [0.15, 0.2) is 15.7 Å². The molecule has 0 aliphatic carbocycles. The number of thiophene rings is 1. The largest absolute Gasteiger partial charge is 0.383 e. The number of methoxy groups -OCH3 is 1. The third-order valence-electron chi connectivity index (χ3n) is 3.41. The number of nitrogens with one attached hydrogen (secondary N) is 2. The molecule has 0 aromatic carbocycles. The summed E-state index contributed by atoms with van der Waals surface area (Å²) >= 11 is 1.25. The number of hydrogen-bond acceptors (Lipinski definition) is 5. The van der Waals surface area contributed by atoms with E-state index in [1.54, 1.807) is 12.5 Å². The van der Waals surface area contributed by atoms with Crippen molar-refractivity contribution < 1.29 is 13.2 Å². The van der Waals surface area contributed by atoms with Gasteiger partial charge in [0.25, 0.3) is 0 Å². The molecule has 2 heterocycles. The number of sulfonamides is 1. The molecule has 5 nitrogen and oxygen atoms in total. The number of aryl methyl sites for hydroxylation is 1. The van der Waals surface area contributed by atoms with Gasteiger partial charge in [0.05, 0.1) is 12.1 Å². The zero-order valence-electron chi connectivity index (χ0n) is 11.2. The van der Waals surface area contributed by atoms with E-state index < -0.39 is 10.0 Å². The summed E-state index contributed by atoms with van der Waals surface area (Å²) in [6.45, 7) is 3.59. The molecule has 1 unspecified atom stereocenters. The quantitative estimate of drug-likeness (QED) is 0.826. The molecule has 7 heteroatoms. The van der Waals surface area contributed by atoms with Gasteiger partial charge in [0.15, 0.2) is 0 Å². The molecular weight excluding hydrogens is 284 g/mol. The van der Waals surface area contributed by atoms with Gasteiger partial charge >= 0.3 is 0 Å². The summed E-state index contributed by atoms with van der Waals surface area (Å²) in [6, 6.07) is 1.82. The van der Waals surface area contributed by atoms with Crippen molar-refractivity contribution in [3.63, 3.8) is 0 Å². The first kappa shape index (κ1) is 14.9. The van der Waals surface area contributed by atoms with Crippen molar-refractivity contribution in [1.82, 2.24) is 10.0 Å². The van der Waals surface area contributed by atoms with Crippen LogP contribution in [0.25, 0.3) is 0 Å². The minimum absolute atomic E-state index is 0.271. The first-order valence-corrected chi connectivity index (χ1v) is 8.63. The molecule has 1 aliphatic heterocycles. The Balaban J connectivity index is 2.07. The fraction of sp³-hybridized carbons (Fsp3) is 0.667. The van der Waals surface area contributed by atoms with Crippen LogP contribution in [-0.2, 0) is 14.8 Å². The molecule has 0 bridgehead atoms. The lowest BCUT2D eigenvalue weighted by atomic mass is 9.99. The van der Waals surface area contributed by atoms with E-state index in [0.29, 0.717) is 17.4 Å². The third-order valence-corrected chi connectivity index (χ3v) is 6.50. The maximum Gasteiger partial charge on any atom is 0.250 e. The minimum Gasteiger partial charge on any atom is -0.383 e. The van der Waals surface area contributed by atoms with E-state index in [-0.39, 0.29) is 5.54 Å². The molecule has 0 amide bonds. The average molecular weight is 304 g/mol. The lowest BCUT2D eigenvalue weighted by Crippen LogP contribution is -2.52. The van der Waals surface area contributed by atoms with Gasteiger partial charge in [0.1, 0.15) is 4.21 Å². The zero-order valence-corrected chi connectivity index (χ0v) is 12.9. The van der Waals surface area contributed by atoms with Crippen molar-refractivity contribution >= 4 is 21.4 Å². The Morgan fingerprint density at radius 3 is 2.89 bits per heavy atom. The van der Waals surface area contributed by atoms with Crippen LogP contribution in [0.1, 0.15) is 18.4 Å². The van der Waals surface area contributed by atoms with Gasteiger partial charge in [-0.25, -0.2) is 13.1 Å². The molecule has 2 rings (SSSR count). The normalized spacial score (nSPS) is 23.9. The van der Waals surface area contributed by atoms with Crippen LogP contribution in [0, 0.1) is 6.92 Å². The lowest BCUT2D eigenvalue weighted by molar-refractivity contribution is 0.122. The molecule has 1 saturated heterocycles. The van der Waals surface area contributed by atoms with Crippen molar-refractivity contribution in [2.75, 3.05) is 26.8 Å². The smallest absolute Gasteiger partial charge is 0.250 e. The standard InChI is InChI=1S/C12H20N2O3S2/c1-10-4-7-18-11(10)19(15,16)14-8-12(9-17-2)5-3-6-13-12/h4,7,13-14H,3,5-6,8-9H2,1-2H3. The first-order valence-electron chi connectivity index (χ1n) is 6.27. The fourth-order valence-corrected chi connectivity index (χ4v) is 4.99. The highest BCUT2D eigenvalue weighted by atomic mass is 32.2. The summed E-state index contributed by atoms with van der Waals surface area (Å²) in [5, 5.41) is 5.15. The van der Waals surface area contributed by atoms with E-state index in [0.717, 1.165) is 24.9 Å². The van der Waals surface area contributed by atoms with Gasteiger partial charge < -0.3 is 10.1 Å². The predicted octanol–water partition coefficient (Wildman–Crippen LogP) is 1.10. The fourth-order valence-electron chi connectivity index (χ4n) is 2.40. The molecule has 108 valence electrons. The number of hydrogen-bond donors (Lipinski definition) is 2. The highest BCUT2D eigenvalue weighted by Crippen LogP contribution is 2.23. The zero-order chi connectivity index (χ0) is 13.9. The summed E-state index contributed by atoms with van der Waals surface area (Å²) in [4.78, 5) is 0. The molecule has 2 N–H and O–H groups in total. The van der Waals surface area contributed by atoms with Gasteiger partial charge in [-0.05, 0) is 43.3 Å². The second kappa shape index (κ2) is 5.88. The highest BCUT2D eigenvalue weighted by molar-refractivity contribution is 7.91. The molecule has 0 saturated carbocycles. The lowest BCUT2D eigenvalue weighted by Gasteiger charge is -2.28. The van der Waals surface area contributed by atoms with E-state index in [1.165, 1.54) is 11.3 Å². The maximum atomic E-state index is 12.2. The van der Waals surface area contributed by atoms with Crippen molar-refractivity contribution in [3.05, 3.63) is 17.0 Å². The second-order valence-electron chi connectivity index (χ2n) is 4.96. The van der Waals surface area contributed by atoms with Gasteiger partial charge in [-0.3, -0.25) is 0 Å². The van der Waals surface area contributed by atoms with Crippen molar-refractivity contribution in [1.29, 1.82) is 0 Å². The van der Waals surface area contributed by atoms with Gasteiger partial charge in [0.2, 0.25) is 10.0 Å². The number of ether oxygens (including phenoxy) is 1. The average Bonchev–Trinajstić information content (AvgIpc) is 2.97. The van der Waals surface area contributed by atoms with E-state index in [9.17, 15) is 8.42 Å². The summed E-state index contributed by atoms with van der Waals surface area (Å²) in [7, 11) is -1.78. The molecule has 1 aromatic heterocycles. The van der Waals surface area contributed by atoms with Crippen LogP contribution in [0.4, 0.5) is 0 Å². The Kier molecular flexibility index (Phi) is 4.62. The van der Waals surface area contributed by atoms with Gasteiger partial charge in [-0.2, -0.15) is 0 Å². The molecule has 1 aromatic rings. The molecular formula is C12H20N2O3S2. The van der Waals surface area contributed by atoms with Gasteiger partial charge in [-0.15, -0.1) is 11.3 Å². The van der Waals surface area contributed by atoms with Crippen LogP contribution in [0.3, 0.4) is 0 Å². The molecule has 1 atom stereocenters. The van der Waals surface area contributed by atoms with E-state index in [1.807, 2.05) is 13.0 Å². The Morgan fingerprint density at radius 2 is 2.37 bits per heavy atom. The van der Waals surface area contributed by atoms with E-state index >= 15 is 0 Å². The van der Waals surface area contributed by atoms with Gasteiger partial charge in [-0.1, -0.05) is 0 Å². The summed E-state index contributed by atoms with van der Waals surface area (Å²) in [6.07, 6.45) is 1.97. The van der Waals surface area contributed by atoms with Crippen LogP contribution in [0.2, 0.25) is 0 Å². The van der Waals surface area contributed by atoms with Crippen LogP contribution in [-0.4, -0.2) is 40.8 Å². The van der Waals surface area contributed by atoms with Gasteiger partial charge in [0, 0.05) is 13.7 Å². The Labute approximate surface area is 118 Å². The topological polar surface area (TPSA) is 67.4 Å². The summed E-state index contributed by atoms with van der Waals surface area (Å²) in [5.41, 5.74) is 0.519. The van der Waals surface area contributed by atoms with E-state index in [4.69, 9.17) is 4.74 Å². The van der Waals surface area contributed by atoms with Crippen LogP contribution in [0.5, 0.6) is 0 Å². The molecule has 19 heavy (non-hydrogen) atoms. The minimum atomic E-state index is -3.42. The Bertz CT molecular complexity index is 519. The monoisotopic (exact) mass is 304 g/mol. The Morgan fingerprint density at radius 1 is 1.58 bits per heavy atom. The van der Waals surface area contributed by atoms with E-state index in [2.05, 4.69) is 10.0 Å². The highest BCUT2D eigenvalue weighted by Gasteiger charge is 2.35. The molecule has 1 fully saturated rings. The summed E-state index contributed by atoms with van der Waals surface area (Å²) in [5.74, 6) is 0. The van der Waals surface area contributed by atoms with Crippen molar-refractivity contribution in [3.8, 4) is 0 Å². The predicted molar refractivity (Wildman–Crippen MR) is 76.1 cm³/mol. The SMILES string of the molecule is COCC1(CNS(=O)(=O)c2sccc2C)CCCN1. The summed E-state index contributed by atoms with van der Waals surface area (Å²) < 4.78 is 32.8. The first-order chi connectivity index (χ1) is 8.99. The van der Waals surface area contributed by atoms with Crippen LogP contribution >= 0.6 is 11.3 Å². The molecule has 0 spiro atoms. The molecule has 0 radical (unpaired) electrons. The maximum absolute atomic E-state index is 12.2. The van der Waals surface area contributed by atoms with Crippen molar-refractivity contribution in [2.24, 2.45) is 0 Å². The molecule has 1 aliphatic rings. The second-order valence-corrected chi connectivity index (χ2v) is 7.84. The van der Waals surface area contributed by atoms with Crippen LogP contribution < -0.4 is 10.0 Å². The Hall–Kier alpha value is -0.470. The third kappa shape index (κ3) is 3.35.